The summed E-state index contributed by atoms with van der Waals surface area (Å²) in [5.74, 6) is -0.0142. The zero-order valence-electron chi connectivity index (χ0n) is 19.6. The molecule has 1 unspecified atom stereocenters. The third-order valence-electron chi connectivity index (χ3n) is 6.59. The molecule has 7 nitrogen and oxygen atoms in total. The number of carboxylic acids is 1. The number of ether oxygens (including phenoxy) is 2. The van der Waals surface area contributed by atoms with Crippen molar-refractivity contribution in [3.05, 3.63) is 58.8 Å². The van der Waals surface area contributed by atoms with Gasteiger partial charge >= 0.3 is 5.97 Å². The van der Waals surface area contributed by atoms with E-state index in [9.17, 15) is 9.90 Å². The fourth-order valence-corrected chi connectivity index (χ4v) is 4.94. The number of aryl methyl sites for hydroxylation is 1. The van der Waals surface area contributed by atoms with Gasteiger partial charge in [-0.3, -0.25) is 4.90 Å². The molecule has 0 bridgehead atoms. The van der Waals surface area contributed by atoms with Gasteiger partial charge in [0.2, 0.25) is 0 Å². The number of fused-ring (bicyclic) bond motifs is 1. The number of carbonyl (C=O) groups is 1. The quantitative estimate of drug-likeness (QED) is 0.398. The Bertz CT molecular complexity index is 1120. The third kappa shape index (κ3) is 4.84. The van der Waals surface area contributed by atoms with E-state index in [0.29, 0.717) is 13.2 Å². The van der Waals surface area contributed by atoms with Crippen LogP contribution < -0.4 is 10.1 Å². The van der Waals surface area contributed by atoms with Crippen LogP contribution in [0.5, 0.6) is 5.75 Å². The summed E-state index contributed by atoms with van der Waals surface area (Å²) < 4.78 is 11.0. The van der Waals surface area contributed by atoms with E-state index in [1.807, 2.05) is 12.3 Å². The number of nitrogens with zero attached hydrogens (tertiary/aromatic N) is 1. The number of carboxylic acid groups (broad SMARTS) is 1. The first-order valence-corrected chi connectivity index (χ1v) is 11.5. The number of anilines is 1. The molecule has 4 rings (SSSR count). The van der Waals surface area contributed by atoms with Crippen LogP contribution in [0.25, 0.3) is 10.9 Å². The van der Waals surface area contributed by atoms with E-state index in [2.05, 4.69) is 34.3 Å². The number of nitrogens with one attached hydrogen (secondary N) is 2. The summed E-state index contributed by atoms with van der Waals surface area (Å²) in [5, 5.41) is 14.1. The Morgan fingerprint density at radius 2 is 2.09 bits per heavy atom. The molecule has 1 fully saturated rings. The standard InChI is InChI=1S/C26H33N3O4/c1-17-14-24(33-3)21(19-9-10-28-25(17)19)16-29-12-5-4-6-23(29)20-8-7-18(26(30)31)15-22(20)27-11-13-32-2/h7-10,14-15,23,27-28H,4-6,11-13,16H2,1-3H3,(H,30,31). The van der Waals surface area contributed by atoms with Crippen molar-refractivity contribution < 1.29 is 19.4 Å². The molecule has 0 amide bonds. The minimum Gasteiger partial charge on any atom is -0.496 e. The Kier molecular flexibility index (Phi) is 7.20. The molecule has 1 aliphatic rings. The van der Waals surface area contributed by atoms with Crippen LogP contribution >= 0.6 is 0 Å². The van der Waals surface area contributed by atoms with Crippen LogP contribution in [-0.4, -0.2) is 54.9 Å². The van der Waals surface area contributed by atoms with Crippen LogP contribution in [0.2, 0.25) is 0 Å². The summed E-state index contributed by atoms with van der Waals surface area (Å²) in [6.07, 6.45) is 5.29. The van der Waals surface area contributed by atoms with Gasteiger partial charge in [-0.2, -0.15) is 0 Å². The maximum atomic E-state index is 11.6. The molecule has 0 saturated carbocycles. The van der Waals surface area contributed by atoms with E-state index in [0.717, 1.165) is 54.9 Å². The average molecular weight is 452 g/mol. The molecule has 0 aliphatic carbocycles. The molecule has 3 aromatic rings. The number of piperidine rings is 1. The maximum absolute atomic E-state index is 11.6. The van der Waals surface area contributed by atoms with E-state index >= 15 is 0 Å². The highest BCUT2D eigenvalue weighted by Crippen LogP contribution is 2.39. The highest BCUT2D eigenvalue weighted by atomic mass is 16.5. The average Bonchev–Trinajstić information content (AvgIpc) is 3.32. The van der Waals surface area contributed by atoms with E-state index in [1.54, 1.807) is 26.4 Å². The van der Waals surface area contributed by atoms with Crippen LogP contribution in [0.1, 0.15) is 52.4 Å². The molecule has 2 heterocycles. The molecule has 33 heavy (non-hydrogen) atoms. The number of aromatic amines is 1. The van der Waals surface area contributed by atoms with Crippen molar-refractivity contribution in [2.24, 2.45) is 0 Å². The first-order chi connectivity index (χ1) is 16.0. The number of aromatic carboxylic acids is 1. The summed E-state index contributed by atoms with van der Waals surface area (Å²) in [6.45, 7) is 5.01. The van der Waals surface area contributed by atoms with Crippen LogP contribution in [-0.2, 0) is 11.3 Å². The minimum absolute atomic E-state index is 0.187. The Morgan fingerprint density at radius 1 is 1.24 bits per heavy atom. The summed E-state index contributed by atoms with van der Waals surface area (Å²) in [5.41, 5.74) is 5.78. The van der Waals surface area contributed by atoms with Crippen LogP contribution in [0.15, 0.2) is 36.5 Å². The van der Waals surface area contributed by atoms with E-state index in [-0.39, 0.29) is 11.6 Å². The van der Waals surface area contributed by atoms with Gasteiger partial charge in [-0.1, -0.05) is 12.5 Å². The summed E-state index contributed by atoms with van der Waals surface area (Å²) >= 11 is 0. The number of H-pyrrole nitrogens is 1. The fourth-order valence-electron chi connectivity index (χ4n) is 4.94. The molecule has 176 valence electrons. The first-order valence-electron chi connectivity index (χ1n) is 11.5. The highest BCUT2D eigenvalue weighted by molar-refractivity contribution is 5.89. The van der Waals surface area contributed by atoms with Crippen LogP contribution in [0.4, 0.5) is 5.69 Å². The Morgan fingerprint density at radius 3 is 2.85 bits per heavy atom. The van der Waals surface area contributed by atoms with E-state index < -0.39 is 5.97 Å². The molecule has 1 aromatic heterocycles. The Balaban J connectivity index is 1.70. The van der Waals surface area contributed by atoms with Gasteiger partial charge in [-0.25, -0.2) is 4.79 Å². The minimum atomic E-state index is -0.920. The van der Waals surface area contributed by atoms with Gasteiger partial charge in [0, 0.05) is 54.6 Å². The zero-order chi connectivity index (χ0) is 23.4. The third-order valence-corrected chi connectivity index (χ3v) is 6.59. The smallest absolute Gasteiger partial charge is 0.335 e. The van der Waals surface area contributed by atoms with Gasteiger partial charge in [0.25, 0.3) is 0 Å². The predicted octanol–water partition coefficient (Wildman–Crippen LogP) is 4.97. The second kappa shape index (κ2) is 10.3. The van der Waals surface area contributed by atoms with Gasteiger partial charge in [-0.05, 0) is 61.7 Å². The Labute approximate surface area is 194 Å². The van der Waals surface area contributed by atoms with Crippen molar-refractivity contribution in [1.82, 2.24) is 9.88 Å². The monoisotopic (exact) mass is 451 g/mol. The number of benzene rings is 2. The van der Waals surface area contributed by atoms with E-state index in [4.69, 9.17) is 9.47 Å². The maximum Gasteiger partial charge on any atom is 0.335 e. The van der Waals surface area contributed by atoms with Gasteiger partial charge in [0.15, 0.2) is 0 Å². The normalized spacial score (nSPS) is 16.8. The predicted molar refractivity (Wildman–Crippen MR) is 130 cm³/mol. The first kappa shape index (κ1) is 23.1. The number of methoxy groups -OCH3 is 2. The number of rotatable bonds is 9. The Hall–Kier alpha value is -3.03. The molecule has 0 spiro atoms. The molecule has 0 radical (unpaired) electrons. The highest BCUT2D eigenvalue weighted by Gasteiger charge is 2.28. The molecular weight excluding hydrogens is 418 g/mol. The van der Waals surface area contributed by atoms with Crippen molar-refractivity contribution in [2.75, 3.05) is 39.2 Å². The van der Waals surface area contributed by atoms with Crippen LogP contribution in [0, 0.1) is 6.92 Å². The lowest BCUT2D eigenvalue weighted by Crippen LogP contribution is -2.33. The number of aromatic nitrogens is 1. The molecule has 1 aliphatic heterocycles. The van der Waals surface area contributed by atoms with Gasteiger partial charge in [0.05, 0.1) is 19.3 Å². The fraction of sp³-hybridized carbons (Fsp3) is 0.423. The van der Waals surface area contributed by atoms with Gasteiger partial charge in [0.1, 0.15) is 5.75 Å². The topological polar surface area (TPSA) is 86.8 Å². The second-order valence-electron chi connectivity index (χ2n) is 8.65. The van der Waals surface area contributed by atoms with Gasteiger partial charge in [-0.15, -0.1) is 0 Å². The summed E-state index contributed by atoms with van der Waals surface area (Å²) in [7, 11) is 3.39. The molecule has 1 saturated heterocycles. The second-order valence-corrected chi connectivity index (χ2v) is 8.65. The number of hydrogen-bond acceptors (Lipinski definition) is 5. The lowest BCUT2D eigenvalue weighted by atomic mass is 9.92. The SMILES string of the molecule is COCCNc1cc(C(=O)O)ccc1C1CCCCN1Cc1c(OC)cc(C)c2[nH]ccc12. The van der Waals surface area contributed by atoms with Crippen molar-refractivity contribution in [2.45, 2.75) is 38.8 Å². The molecule has 3 N–H and O–H groups in total. The molecule has 2 aromatic carbocycles. The summed E-state index contributed by atoms with van der Waals surface area (Å²) in [4.78, 5) is 17.5. The zero-order valence-corrected chi connectivity index (χ0v) is 19.6. The van der Waals surface area contributed by atoms with Crippen molar-refractivity contribution in [3.8, 4) is 5.75 Å². The van der Waals surface area contributed by atoms with Crippen molar-refractivity contribution >= 4 is 22.6 Å². The molecular formula is C26H33N3O4. The summed E-state index contributed by atoms with van der Waals surface area (Å²) in [6, 6.07) is 9.84. The van der Waals surface area contributed by atoms with Crippen molar-refractivity contribution in [3.63, 3.8) is 0 Å². The number of likely N-dealkylation sites (tertiary alicyclic amines) is 1. The van der Waals surface area contributed by atoms with Crippen LogP contribution in [0.3, 0.4) is 0 Å². The van der Waals surface area contributed by atoms with E-state index in [1.165, 1.54) is 16.5 Å². The number of hydrogen-bond donors (Lipinski definition) is 3. The molecule has 7 heteroatoms. The van der Waals surface area contributed by atoms with Crippen molar-refractivity contribution in [1.29, 1.82) is 0 Å². The van der Waals surface area contributed by atoms with Gasteiger partial charge < -0.3 is 24.9 Å². The lowest BCUT2D eigenvalue weighted by molar-refractivity contribution is 0.0697. The lowest BCUT2D eigenvalue weighted by Gasteiger charge is -2.37. The largest absolute Gasteiger partial charge is 0.496 e. The molecule has 1 atom stereocenters.